The number of para-hydroxylation sites is 1. The Labute approximate surface area is 183 Å². The van der Waals surface area contributed by atoms with Crippen molar-refractivity contribution >= 4 is 16.6 Å². The summed E-state index contributed by atoms with van der Waals surface area (Å²) in [5.74, 6) is 0. The summed E-state index contributed by atoms with van der Waals surface area (Å²) in [4.78, 5) is 1.61. The molecule has 0 aliphatic rings. The van der Waals surface area contributed by atoms with Crippen LogP contribution in [0.2, 0.25) is 0 Å². The van der Waals surface area contributed by atoms with E-state index in [9.17, 15) is 18.3 Å². The van der Waals surface area contributed by atoms with Crippen molar-refractivity contribution in [3.8, 4) is 5.69 Å². The third-order valence-electron chi connectivity index (χ3n) is 5.68. The number of benzene rings is 3. The van der Waals surface area contributed by atoms with Crippen LogP contribution in [-0.2, 0) is 5.60 Å². The fraction of sp³-hybridized carbons (Fsp3) is 0.160. The highest BCUT2D eigenvalue weighted by Crippen LogP contribution is 2.46. The quantitative estimate of drug-likeness (QED) is 0.435. The number of hydrogen-bond acceptors (Lipinski definition) is 3. The molecule has 1 atom stereocenters. The lowest BCUT2D eigenvalue weighted by Gasteiger charge is -2.32. The molecule has 164 valence electrons. The minimum absolute atomic E-state index is 0.269. The number of alkyl halides is 3. The minimum atomic E-state index is -4.95. The first-order chi connectivity index (χ1) is 15.2. The van der Waals surface area contributed by atoms with Gasteiger partial charge in [-0.3, -0.25) is 0 Å². The Kier molecular flexibility index (Phi) is 5.30. The van der Waals surface area contributed by atoms with Gasteiger partial charge in [0.1, 0.15) is 0 Å². The molecule has 0 amide bonds. The predicted molar refractivity (Wildman–Crippen MR) is 120 cm³/mol. The maximum Gasteiger partial charge on any atom is 0.425 e. The SMILES string of the molecule is C=CN(C)c1cc(C(O)(c2ccc3c(cnn3-c3ccccc3)c2)C(F)(F)F)ccc1C. The number of aryl methyl sites for hydroxylation is 1. The Morgan fingerprint density at radius 1 is 1.00 bits per heavy atom. The summed E-state index contributed by atoms with van der Waals surface area (Å²) >= 11 is 0. The van der Waals surface area contributed by atoms with Crippen LogP contribution in [-0.4, -0.2) is 28.1 Å². The second kappa shape index (κ2) is 7.84. The lowest BCUT2D eigenvalue weighted by atomic mass is 9.84. The monoisotopic (exact) mass is 437 g/mol. The van der Waals surface area contributed by atoms with E-state index in [0.717, 1.165) is 11.3 Å². The molecule has 0 saturated heterocycles. The molecule has 0 bridgehead atoms. The van der Waals surface area contributed by atoms with Crippen LogP contribution in [0.5, 0.6) is 0 Å². The highest BCUT2D eigenvalue weighted by atomic mass is 19.4. The lowest BCUT2D eigenvalue weighted by Crippen LogP contribution is -2.43. The molecule has 7 heteroatoms. The van der Waals surface area contributed by atoms with E-state index in [1.54, 1.807) is 35.7 Å². The third-order valence-corrected chi connectivity index (χ3v) is 5.68. The van der Waals surface area contributed by atoms with Crippen molar-refractivity contribution in [3.05, 3.63) is 102 Å². The van der Waals surface area contributed by atoms with E-state index in [4.69, 9.17) is 0 Å². The van der Waals surface area contributed by atoms with Crippen molar-refractivity contribution in [3.63, 3.8) is 0 Å². The van der Waals surface area contributed by atoms with Gasteiger partial charge in [-0.1, -0.05) is 43.0 Å². The number of halogens is 3. The van der Waals surface area contributed by atoms with Crippen molar-refractivity contribution < 1.29 is 18.3 Å². The number of aliphatic hydroxyl groups is 1. The van der Waals surface area contributed by atoms with Crippen molar-refractivity contribution in [2.45, 2.75) is 18.7 Å². The molecule has 1 heterocycles. The van der Waals surface area contributed by atoms with Gasteiger partial charge in [0.2, 0.25) is 5.60 Å². The highest BCUT2D eigenvalue weighted by Gasteiger charge is 2.56. The summed E-state index contributed by atoms with van der Waals surface area (Å²) < 4.78 is 44.7. The molecular weight excluding hydrogens is 415 g/mol. The number of aromatic nitrogens is 2. The van der Waals surface area contributed by atoms with Crippen LogP contribution in [0.25, 0.3) is 16.6 Å². The molecular formula is C25H22F3N3O. The van der Waals surface area contributed by atoms with Gasteiger partial charge < -0.3 is 10.0 Å². The fourth-order valence-electron chi connectivity index (χ4n) is 3.84. The summed E-state index contributed by atoms with van der Waals surface area (Å²) in [6.45, 7) is 5.46. The van der Waals surface area contributed by atoms with Gasteiger partial charge in [-0.15, -0.1) is 0 Å². The Morgan fingerprint density at radius 3 is 2.31 bits per heavy atom. The maximum atomic E-state index is 14.4. The van der Waals surface area contributed by atoms with Gasteiger partial charge in [-0.25, -0.2) is 4.68 Å². The zero-order valence-electron chi connectivity index (χ0n) is 17.6. The molecule has 1 aromatic heterocycles. The molecule has 0 radical (unpaired) electrons. The summed E-state index contributed by atoms with van der Waals surface area (Å²) in [5, 5.41) is 16.0. The van der Waals surface area contributed by atoms with Crippen LogP contribution >= 0.6 is 0 Å². The van der Waals surface area contributed by atoms with Crippen LogP contribution in [0.1, 0.15) is 16.7 Å². The van der Waals surface area contributed by atoms with Gasteiger partial charge in [-0.05, 0) is 60.1 Å². The smallest absolute Gasteiger partial charge is 0.372 e. The molecule has 0 saturated carbocycles. The molecule has 4 rings (SSSR count). The average Bonchev–Trinajstić information content (AvgIpc) is 3.21. The zero-order chi connectivity index (χ0) is 23.1. The van der Waals surface area contributed by atoms with Gasteiger partial charge >= 0.3 is 6.18 Å². The molecule has 1 N–H and O–H groups in total. The summed E-state index contributed by atoms with van der Waals surface area (Å²) in [7, 11) is 1.69. The van der Waals surface area contributed by atoms with Crippen molar-refractivity contribution in [1.82, 2.24) is 9.78 Å². The Balaban J connectivity index is 1.89. The van der Waals surface area contributed by atoms with Gasteiger partial charge in [0, 0.05) is 18.1 Å². The van der Waals surface area contributed by atoms with E-state index < -0.39 is 11.8 Å². The number of fused-ring (bicyclic) bond motifs is 1. The summed E-state index contributed by atoms with van der Waals surface area (Å²) in [5.41, 5.74) is -1.02. The largest absolute Gasteiger partial charge is 0.425 e. The van der Waals surface area contributed by atoms with Gasteiger partial charge in [0.25, 0.3) is 0 Å². The molecule has 0 aliphatic carbocycles. The van der Waals surface area contributed by atoms with Crippen molar-refractivity contribution in [2.24, 2.45) is 0 Å². The van der Waals surface area contributed by atoms with Crippen molar-refractivity contribution in [1.29, 1.82) is 0 Å². The number of rotatable bonds is 5. The molecule has 32 heavy (non-hydrogen) atoms. The fourth-order valence-corrected chi connectivity index (χ4v) is 3.84. The average molecular weight is 437 g/mol. The standard InChI is InChI=1S/C25H22F3N3O/c1-4-30(3)23-15-20(11-10-17(23)2)24(32,25(26,27)28)19-12-13-22-18(14-19)16-29-31(22)21-8-6-5-7-9-21/h4-16,32H,1H2,2-3H3. The van der Waals surface area contributed by atoms with E-state index in [1.807, 2.05) is 30.3 Å². The second-order valence-electron chi connectivity index (χ2n) is 7.67. The number of nitrogens with zero attached hydrogens (tertiary/aromatic N) is 3. The van der Waals surface area contributed by atoms with Gasteiger partial charge in [0.05, 0.1) is 17.4 Å². The van der Waals surface area contributed by atoms with E-state index >= 15 is 0 Å². The predicted octanol–water partition coefficient (Wildman–Crippen LogP) is 5.71. The normalized spacial score (nSPS) is 13.7. The number of hydrogen-bond donors (Lipinski definition) is 1. The molecule has 3 aromatic carbocycles. The molecule has 0 spiro atoms. The topological polar surface area (TPSA) is 41.3 Å². The first-order valence-corrected chi connectivity index (χ1v) is 9.96. The summed E-state index contributed by atoms with van der Waals surface area (Å²) in [6.07, 6.45) is -1.95. The Hall–Kier alpha value is -3.58. The van der Waals surface area contributed by atoms with E-state index in [1.165, 1.54) is 36.7 Å². The minimum Gasteiger partial charge on any atom is -0.372 e. The van der Waals surface area contributed by atoms with Crippen LogP contribution < -0.4 is 4.90 Å². The van der Waals surface area contributed by atoms with E-state index in [2.05, 4.69) is 11.7 Å². The molecule has 4 aromatic rings. The highest BCUT2D eigenvalue weighted by molar-refractivity contribution is 5.81. The third kappa shape index (κ3) is 3.44. The lowest BCUT2D eigenvalue weighted by molar-refractivity contribution is -0.248. The first kappa shape index (κ1) is 21.6. The van der Waals surface area contributed by atoms with E-state index in [0.29, 0.717) is 16.6 Å². The van der Waals surface area contributed by atoms with Crippen LogP contribution in [0.4, 0.5) is 18.9 Å². The van der Waals surface area contributed by atoms with Gasteiger partial charge in [-0.2, -0.15) is 18.3 Å². The van der Waals surface area contributed by atoms with E-state index in [-0.39, 0.29) is 11.1 Å². The molecule has 0 aliphatic heterocycles. The molecule has 4 nitrogen and oxygen atoms in total. The van der Waals surface area contributed by atoms with Crippen LogP contribution in [0, 0.1) is 6.92 Å². The zero-order valence-corrected chi connectivity index (χ0v) is 17.6. The Bertz CT molecular complexity index is 1280. The Morgan fingerprint density at radius 2 is 1.66 bits per heavy atom. The number of anilines is 1. The van der Waals surface area contributed by atoms with Crippen LogP contribution in [0.15, 0.2) is 85.7 Å². The molecule has 0 fully saturated rings. The van der Waals surface area contributed by atoms with Crippen LogP contribution in [0.3, 0.4) is 0 Å². The summed E-state index contributed by atoms with van der Waals surface area (Å²) in [6, 6.07) is 17.7. The second-order valence-corrected chi connectivity index (χ2v) is 7.67. The van der Waals surface area contributed by atoms with Crippen molar-refractivity contribution in [2.75, 3.05) is 11.9 Å². The van der Waals surface area contributed by atoms with Gasteiger partial charge in [0.15, 0.2) is 0 Å². The molecule has 1 unspecified atom stereocenters. The first-order valence-electron chi connectivity index (χ1n) is 9.96. The maximum absolute atomic E-state index is 14.4.